The largest absolute Gasteiger partial charge is 0.467 e. The van der Waals surface area contributed by atoms with Crippen molar-refractivity contribution in [2.24, 2.45) is 0 Å². The molecule has 0 aliphatic heterocycles. The van der Waals surface area contributed by atoms with Crippen molar-refractivity contribution >= 4 is 22.0 Å². The fourth-order valence-corrected chi connectivity index (χ4v) is 1.71. The first-order chi connectivity index (χ1) is 7.17. The second-order valence-electron chi connectivity index (χ2n) is 3.21. The predicted octanol–water partition coefficient (Wildman–Crippen LogP) is -0.971. The van der Waals surface area contributed by atoms with Crippen LogP contribution in [0.25, 0.3) is 0 Å². The van der Waals surface area contributed by atoms with Crippen molar-refractivity contribution in [3.8, 4) is 0 Å². The summed E-state index contributed by atoms with van der Waals surface area (Å²) in [5.41, 5.74) is 0. The molecule has 0 spiro atoms. The number of esters is 1. The maximum absolute atomic E-state index is 11.3. The summed E-state index contributed by atoms with van der Waals surface area (Å²) in [6, 6.07) is -1.16. The molecular weight excluding hydrogens is 238 g/mol. The van der Waals surface area contributed by atoms with E-state index in [9.17, 15) is 18.0 Å². The summed E-state index contributed by atoms with van der Waals surface area (Å²) in [4.78, 5) is 22.1. The smallest absolute Gasteiger partial charge is 0.331 e. The average Bonchev–Trinajstić information content (AvgIpc) is 2.09. The number of carbonyl (C=O) groups excluding carboxylic acids is 2. The van der Waals surface area contributed by atoms with E-state index in [2.05, 4.69) is 14.2 Å². The quantitative estimate of drug-likeness (QED) is 0.500. The first kappa shape index (κ1) is 14.8. The lowest BCUT2D eigenvalue weighted by Crippen LogP contribution is -2.49. The third-order valence-corrected chi connectivity index (χ3v) is 2.26. The molecule has 0 aliphatic carbocycles. The van der Waals surface area contributed by atoms with Crippen molar-refractivity contribution < 1.29 is 26.9 Å². The van der Waals surface area contributed by atoms with E-state index in [0.29, 0.717) is 0 Å². The monoisotopic (exact) mass is 253 g/mol. The van der Waals surface area contributed by atoms with E-state index >= 15 is 0 Å². The Hall–Kier alpha value is -1.15. The molecule has 0 fully saturated rings. The third kappa shape index (κ3) is 5.66. The Morgan fingerprint density at radius 1 is 1.31 bits per heavy atom. The molecule has 16 heavy (non-hydrogen) atoms. The van der Waals surface area contributed by atoms with Crippen LogP contribution in [0, 0.1) is 0 Å². The summed E-state index contributed by atoms with van der Waals surface area (Å²) in [6.07, 6.45) is -0.183. The first-order valence-corrected chi connectivity index (χ1v) is 6.22. The zero-order chi connectivity index (χ0) is 12.9. The topological polar surface area (TPSA) is 98.8 Å². The van der Waals surface area contributed by atoms with Gasteiger partial charge in [0.05, 0.1) is 13.4 Å². The van der Waals surface area contributed by atoms with Crippen LogP contribution < -0.4 is 5.32 Å². The molecule has 8 heteroatoms. The van der Waals surface area contributed by atoms with Crippen molar-refractivity contribution in [2.45, 2.75) is 26.0 Å². The minimum absolute atomic E-state index is 0.487. The van der Waals surface area contributed by atoms with Crippen LogP contribution in [0.4, 0.5) is 0 Å². The third-order valence-electron chi connectivity index (χ3n) is 1.61. The molecule has 94 valence electrons. The van der Waals surface area contributed by atoms with Gasteiger partial charge in [0.25, 0.3) is 10.1 Å². The normalized spacial score (nSPS) is 15.0. The highest BCUT2D eigenvalue weighted by Crippen LogP contribution is 2.05. The fraction of sp³-hybridized carbons (Fsp3) is 0.750. The predicted molar refractivity (Wildman–Crippen MR) is 55.0 cm³/mol. The second-order valence-corrected chi connectivity index (χ2v) is 4.81. The molecule has 0 heterocycles. The summed E-state index contributed by atoms with van der Waals surface area (Å²) in [7, 11) is -2.58. The fourth-order valence-electron chi connectivity index (χ4n) is 1.05. The zero-order valence-electron chi connectivity index (χ0n) is 9.51. The van der Waals surface area contributed by atoms with Gasteiger partial charge in [-0.2, -0.15) is 8.42 Å². The van der Waals surface area contributed by atoms with Crippen LogP contribution in [0.5, 0.6) is 0 Å². The van der Waals surface area contributed by atoms with E-state index in [1.165, 1.54) is 13.8 Å². The number of nitrogens with one attached hydrogen (secondary N) is 1. The van der Waals surface area contributed by atoms with E-state index in [1.807, 2.05) is 0 Å². The Labute approximate surface area is 94.2 Å². The molecule has 0 bridgehead atoms. The van der Waals surface area contributed by atoms with Crippen LogP contribution in [0.2, 0.25) is 0 Å². The van der Waals surface area contributed by atoms with Crippen LogP contribution in [0.1, 0.15) is 13.8 Å². The molecule has 7 nitrogen and oxygen atoms in total. The molecule has 0 saturated heterocycles. The molecule has 0 unspecified atom stereocenters. The molecule has 0 radical (unpaired) electrons. The first-order valence-electron chi connectivity index (χ1n) is 4.40. The Morgan fingerprint density at radius 2 is 1.81 bits per heavy atom. The van der Waals surface area contributed by atoms with Gasteiger partial charge in [0.2, 0.25) is 5.91 Å². The summed E-state index contributed by atoms with van der Waals surface area (Å²) < 4.78 is 30.7. The number of rotatable bonds is 5. The summed E-state index contributed by atoms with van der Waals surface area (Å²) in [5, 5.41) is 2.25. The molecular formula is C8H15NO6S. The number of ether oxygens (including phenoxy) is 1. The highest BCUT2D eigenvalue weighted by Gasteiger charge is 2.29. The van der Waals surface area contributed by atoms with E-state index in [1.54, 1.807) is 0 Å². The molecule has 0 aromatic carbocycles. The number of hydrogen-bond donors (Lipinski definition) is 1. The van der Waals surface area contributed by atoms with Crippen LogP contribution in [0.15, 0.2) is 0 Å². The van der Waals surface area contributed by atoms with Gasteiger partial charge in [0.1, 0.15) is 6.10 Å². The van der Waals surface area contributed by atoms with E-state index in [0.717, 1.165) is 13.4 Å². The maximum atomic E-state index is 11.3. The molecule has 1 N–H and O–H groups in total. The van der Waals surface area contributed by atoms with E-state index in [4.69, 9.17) is 0 Å². The minimum Gasteiger partial charge on any atom is -0.467 e. The summed E-state index contributed by atoms with van der Waals surface area (Å²) in [5.74, 6) is -1.26. The van der Waals surface area contributed by atoms with Crippen molar-refractivity contribution in [1.82, 2.24) is 5.32 Å². The van der Waals surface area contributed by atoms with Crippen molar-refractivity contribution in [2.75, 3.05) is 13.4 Å². The SMILES string of the molecule is COC(=O)[C@@H](NC(C)=O)[C@H](C)OS(C)(=O)=O. The van der Waals surface area contributed by atoms with Crippen LogP contribution in [-0.4, -0.2) is 45.8 Å². The number of methoxy groups -OCH3 is 1. The lowest BCUT2D eigenvalue weighted by atomic mass is 10.2. The van der Waals surface area contributed by atoms with Gasteiger partial charge >= 0.3 is 5.97 Å². The van der Waals surface area contributed by atoms with Gasteiger partial charge in [-0.1, -0.05) is 0 Å². The number of amides is 1. The van der Waals surface area contributed by atoms with Gasteiger partial charge in [-0.3, -0.25) is 8.98 Å². The average molecular weight is 253 g/mol. The highest BCUT2D eigenvalue weighted by molar-refractivity contribution is 7.86. The van der Waals surface area contributed by atoms with Gasteiger partial charge in [0.15, 0.2) is 6.04 Å². The van der Waals surface area contributed by atoms with E-state index in [-0.39, 0.29) is 0 Å². The Balaban J connectivity index is 4.75. The van der Waals surface area contributed by atoms with Gasteiger partial charge < -0.3 is 10.1 Å². The Kier molecular flexibility index (Phi) is 5.39. The van der Waals surface area contributed by atoms with Crippen LogP contribution in [-0.2, 0) is 28.6 Å². The Bertz CT molecular complexity index is 363. The highest BCUT2D eigenvalue weighted by atomic mass is 32.2. The summed E-state index contributed by atoms with van der Waals surface area (Å²) in [6.45, 7) is 2.54. The summed E-state index contributed by atoms with van der Waals surface area (Å²) >= 11 is 0. The van der Waals surface area contributed by atoms with Crippen molar-refractivity contribution in [3.05, 3.63) is 0 Å². The van der Waals surface area contributed by atoms with Crippen molar-refractivity contribution in [3.63, 3.8) is 0 Å². The number of hydrogen-bond acceptors (Lipinski definition) is 6. The molecule has 0 aliphatic rings. The zero-order valence-corrected chi connectivity index (χ0v) is 10.3. The molecule has 0 aromatic heterocycles. The van der Waals surface area contributed by atoms with Gasteiger partial charge in [-0.05, 0) is 6.92 Å². The van der Waals surface area contributed by atoms with Gasteiger partial charge in [-0.25, -0.2) is 4.79 Å². The van der Waals surface area contributed by atoms with Crippen LogP contribution >= 0.6 is 0 Å². The minimum atomic E-state index is -3.70. The standard InChI is InChI=1S/C8H15NO6S/c1-5(15-16(4,12)13)7(8(11)14-3)9-6(2)10/h5,7H,1-4H3,(H,9,10)/t5-,7-/m0/s1. The van der Waals surface area contributed by atoms with Crippen LogP contribution in [0.3, 0.4) is 0 Å². The molecule has 0 rings (SSSR count). The Morgan fingerprint density at radius 3 is 2.12 bits per heavy atom. The second kappa shape index (κ2) is 5.80. The lowest BCUT2D eigenvalue weighted by molar-refractivity contribution is -0.147. The van der Waals surface area contributed by atoms with Gasteiger partial charge in [0, 0.05) is 6.92 Å². The van der Waals surface area contributed by atoms with Gasteiger partial charge in [-0.15, -0.1) is 0 Å². The van der Waals surface area contributed by atoms with Crippen molar-refractivity contribution in [1.29, 1.82) is 0 Å². The molecule has 0 aromatic rings. The maximum Gasteiger partial charge on any atom is 0.331 e. The molecule has 2 atom stereocenters. The van der Waals surface area contributed by atoms with E-state index < -0.39 is 34.1 Å². The lowest BCUT2D eigenvalue weighted by Gasteiger charge is -2.21. The molecule has 1 amide bonds. The molecule has 0 saturated carbocycles. The number of carbonyl (C=O) groups is 2.